The molecule has 0 spiro atoms. The zero-order chi connectivity index (χ0) is 17.8. The number of nitrogens with one attached hydrogen (secondary N) is 1. The third-order valence-electron chi connectivity index (χ3n) is 3.85. The molecule has 0 aliphatic carbocycles. The Balaban J connectivity index is 1.97. The van der Waals surface area contributed by atoms with Crippen molar-refractivity contribution in [3.8, 4) is 0 Å². The van der Waals surface area contributed by atoms with Crippen LogP contribution in [0.1, 0.15) is 15.9 Å². The molecular formula is C19H16N2O4. The van der Waals surface area contributed by atoms with E-state index in [4.69, 9.17) is 0 Å². The molecule has 0 radical (unpaired) electrons. The van der Waals surface area contributed by atoms with Gasteiger partial charge < -0.3 is 15.5 Å². The van der Waals surface area contributed by atoms with E-state index in [9.17, 15) is 19.8 Å². The number of carboxylic acid groups (broad SMARTS) is 2. The Morgan fingerprint density at radius 3 is 2.36 bits per heavy atom. The summed E-state index contributed by atoms with van der Waals surface area (Å²) < 4.78 is 0. The van der Waals surface area contributed by atoms with E-state index in [0.717, 1.165) is 5.56 Å². The number of pyridine rings is 1. The molecular weight excluding hydrogens is 320 g/mol. The number of fused-ring (bicyclic) bond motifs is 1. The van der Waals surface area contributed by atoms with Crippen LogP contribution in [-0.2, 0) is 11.2 Å². The maximum absolute atomic E-state index is 11.6. The summed E-state index contributed by atoms with van der Waals surface area (Å²) in [6.45, 7) is 0. The average molecular weight is 336 g/mol. The molecule has 3 rings (SSSR count). The molecule has 6 heteroatoms. The summed E-state index contributed by atoms with van der Waals surface area (Å²) in [6, 6.07) is 16.7. The van der Waals surface area contributed by atoms with E-state index in [0.29, 0.717) is 10.9 Å². The topological polar surface area (TPSA) is 99.5 Å². The lowest BCUT2D eigenvalue weighted by atomic mass is 10.1. The molecule has 1 heterocycles. The Hall–Kier alpha value is -3.41. The molecule has 0 bridgehead atoms. The molecule has 0 fully saturated rings. The summed E-state index contributed by atoms with van der Waals surface area (Å²) in [4.78, 5) is 27.5. The van der Waals surface area contributed by atoms with Crippen LogP contribution in [0.3, 0.4) is 0 Å². The Morgan fingerprint density at radius 1 is 1.00 bits per heavy atom. The molecule has 0 unspecified atom stereocenters. The van der Waals surface area contributed by atoms with Crippen molar-refractivity contribution in [2.24, 2.45) is 0 Å². The maximum Gasteiger partial charge on any atom is 0.339 e. The Morgan fingerprint density at radius 2 is 1.68 bits per heavy atom. The lowest BCUT2D eigenvalue weighted by Gasteiger charge is -2.17. The van der Waals surface area contributed by atoms with E-state index < -0.39 is 18.0 Å². The lowest BCUT2D eigenvalue weighted by molar-refractivity contribution is -0.137. The van der Waals surface area contributed by atoms with Crippen LogP contribution >= 0.6 is 0 Å². The minimum absolute atomic E-state index is 0.0505. The van der Waals surface area contributed by atoms with E-state index in [1.807, 2.05) is 30.3 Å². The second-order valence-electron chi connectivity index (χ2n) is 5.61. The van der Waals surface area contributed by atoms with E-state index in [1.165, 1.54) is 6.07 Å². The zero-order valence-corrected chi connectivity index (χ0v) is 13.2. The molecule has 1 aromatic heterocycles. The molecule has 0 saturated carbocycles. The van der Waals surface area contributed by atoms with Crippen LogP contribution in [0.4, 0.5) is 5.82 Å². The highest BCUT2D eigenvalue weighted by atomic mass is 16.4. The quantitative estimate of drug-likeness (QED) is 0.640. The van der Waals surface area contributed by atoms with Gasteiger partial charge in [-0.25, -0.2) is 14.6 Å². The third-order valence-corrected chi connectivity index (χ3v) is 3.85. The molecule has 0 amide bonds. The number of carboxylic acids is 2. The van der Waals surface area contributed by atoms with Gasteiger partial charge in [0, 0.05) is 11.8 Å². The number of aliphatic carboxylic acids is 1. The summed E-state index contributed by atoms with van der Waals surface area (Å²) in [7, 11) is 0. The van der Waals surface area contributed by atoms with Crippen LogP contribution in [0.25, 0.3) is 10.9 Å². The van der Waals surface area contributed by atoms with Crippen LogP contribution in [0.15, 0.2) is 60.7 Å². The SMILES string of the molecule is O=C(O)c1cc2ccccc2nc1N[C@H](Cc1ccccc1)C(=O)O. The van der Waals surface area contributed by atoms with Crippen LogP contribution in [0.2, 0.25) is 0 Å². The van der Waals surface area contributed by atoms with Gasteiger partial charge in [0.15, 0.2) is 0 Å². The number of rotatable bonds is 6. The number of hydrogen-bond donors (Lipinski definition) is 3. The summed E-state index contributed by atoms with van der Waals surface area (Å²) in [5.74, 6) is -2.19. The van der Waals surface area contributed by atoms with Crippen molar-refractivity contribution in [3.63, 3.8) is 0 Å². The van der Waals surface area contributed by atoms with Crippen molar-refractivity contribution in [3.05, 3.63) is 71.8 Å². The van der Waals surface area contributed by atoms with Crippen molar-refractivity contribution in [2.45, 2.75) is 12.5 Å². The summed E-state index contributed by atoms with van der Waals surface area (Å²) >= 11 is 0. The fourth-order valence-corrected chi connectivity index (χ4v) is 2.60. The minimum Gasteiger partial charge on any atom is -0.480 e. The highest BCUT2D eigenvalue weighted by molar-refractivity contribution is 5.98. The predicted molar refractivity (Wildman–Crippen MR) is 93.9 cm³/mol. The molecule has 0 aliphatic rings. The molecule has 1 atom stereocenters. The van der Waals surface area contributed by atoms with Crippen LogP contribution in [-0.4, -0.2) is 33.2 Å². The van der Waals surface area contributed by atoms with E-state index in [-0.39, 0.29) is 17.8 Å². The van der Waals surface area contributed by atoms with Gasteiger partial charge >= 0.3 is 11.9 Å². The molecule has 6 nitrogen and oxygen atoms in total. The monoisotopic (exact) mass is 336 g/mol. The van der Waals surface area contributed by atoms with Crippen molar-refractivity contribution in [2.75, 3.05) is 5.32 Å². The summed E-state index contributed by atoms with van der Waals surface area (Å²) in [5.41, 5.74) is 1.37. The van der Waals surface area contributed by atoms with Crippen molar-refractivity contribution >= 4 is 28.7 Å². The highest BCUT2D eigenvalue weighted by Gasteiger charge is 2.22. The first-order chi connectivity index (χ1) is 12.0. The fraction of sp³-hybridized carbons (Fsp3) is 0.105. The van der Waals surface area contributed by atoms with Crippen LogP contribution in [0, 0.1) is 0 Å². The van der Waals surface area contributed by atoms with Crippen molar-refractivity contribution in [1.82, 2.24) is 4.98 Å². The standard InChI is InChI=1S/C19H16N2O4/c22-18(23)14-11-13-8-4-5-9-15(13)20-17(14)21-16(19(24)25)10-12-6-2-1-3-7-12/h1-9,11,16H,10H2,(H,20,21)(H,22,23)(H,24,25)/t16-/m1/s1. The lowest BCUT2D eigenvalue weighted by Crippen LogP contribution is -2.32. The first-order valence-corrected chi connectivity index (χ1v) is 7.71. The summed E-state index contributed by atoms with van der Waals surface area (Å²) in [5, 5.41) is 22.4. The number of hydrogen-bond acceptors (Lipinski definition) is 4. The number of aromatic nitrogens is 1. The predicted octanol–water partition coefficient (Wildman–Crippen LogP) is 3.04. The fourth-order valence-electron chi connectivity index (χ4n) is 2.60. The molecule has 25 heavy (non-hydrogen) atoms. The third kappa shape index (κ3) is 3.74. The normalized spacial score (nSPS) is 11.8. The molecule has 2 aromatic carbocycles. The van der Waals surface area contributed by atoms with Gasteiger partial charge in [0.05, 0.1) is 5.52 Å². The van der Waals surface area contributed by atoms with E-state index in [2.05, 4.69) is 10.3 Å². The second-order valence-corrected chi connectivity index (χ2v) is 5.61. The Kier molecular flexibility index (Phi) is 4.61. The van der Waals surface area contributed by atoms with Gasteiger partial charge in [-0.1, -0.05) is 48.5 Å². The van der Waals surface area contributed by atoms with Crippen LogP contribution in [0.5, 0.6) is 0 Å². The Bertz CT molecular complexity index is 925. The summed E-state index contributed by atoms with van der Waals surface area (Å²) in [6.07, 6.45) is 0.212. The maximum atomic E-state index is 11.6. The van der Waals surface area contributed by atoms with Crippen molar-refractivity contribution < 1.29 is 19.8 Å². The van der Waals surface area contributed by atoms with Gasteiger partial charge in [-0.3, -0.25) is 0 Å². The van der Waals surface area contributed by atoms with Gasteiger partial charge in [-0.05, 0) is 17.7 Å². The number of anilines is 1. The zero-order valence-electron chi connectivity index (χ0n) is 13.2. The van der Waals surface area contributed by atoms with Gasteiger partial charge in [0.1, 0.15) is 17.4 Å². The number of aromatic carboxylic acids is 1. The van der Waals surface area contributed by atoms with E-state index >= 15 is 0 Å². The van der Waals surface area contributed by atoms with E-state index in [1.54, 1.807) is 24.3 Å². The smallest absolute Gasteiger partial charge is 0.339 e. The van der Waals surface area contributed by atoms with Gasteiger partial charge in [-0.15, -0.1) is 0 Å². The van der Waals surface area contributed by atoms with Gasteiger partial charge in [-0.2, -0.15) is 0 Å². The number of carbonyl (C=O) groups is 2. The molecule has 0 aliphatic heterocycles. The highest BCUT2D eigenvalue weighted by Crippen LogP contribution is 2.22. The number of benzene rings is 2. The minimum atomic E-state index is -1.16. The molecule has 0 saturated heterocycles. The first kappa shape index (κ1) is 16.4. The molecule has 126 valence electrons. The first-order valence-electron chi connectivity index (χ1n) is 7.71. The van der Waals surface area contributed by atoms with Crippen LogP contribution < -0.4 is 5.32 Å². The largest absolute Gasteiger partial charge is 0.480 e. The van der Waals surface area contributed by atoms with Crippen molar-refractivity contribution in [1.29, 1.82) is 0 Å². The molecule has 3 aromatic rings. The number of nitrogens with zero attached hydrogens (tertiary/aromatic N) is 1. The number of para-hydroxylation sites is 1. The second kappa shape index (κ2) is 7.00. The van der Waals surface area contributed by atoms with Gasteiger partial charge in [0.25, 0.3) is 0 Å². The Labute approximate surface area is 143 Å². The average Bonchev–Trinajstić information content (AvgIpc) is 2.61. The molecule has 3 N–H and O–H groups in total. The van der Waals surface area contributed by atoms with Gasteiger partial charge in [0.2, 0.25) is 0 Å².